The molecule has 1 amide bonds. The topological polar surface area (TPSA) is 91.8 Å². The molecule has 0 saturated carbocycles. The van der Waals surface area contributed by atoms with Crippen LogP contribution in [0.3, 0.4) is 0 Å². The summed E-state index contributed by atoms with van der Waals surface area (Å²) in [6.45, 7) is 12.9. The molecule has 0 fully saturated rings. The number of nitrogens with zero attached hydrogens (tertiary/aromatic N) is 4. The smallest absolute Gasteiger partial charge is 0.264 e. The summed E-state index contributed by atoms with van der Waals surface area (Å²) in [4.78, 5) is 46.3. The fourth-order valence-electron chi connectivity index (χ4n) is 3.96. The van der Waals surface area contributed by atoms with E-state index in [-0.39, 0.29) is 23.4 Å². The number of aromatic nitrogens is 4. The maximum absolute atomic E-state index is 13.7. The number of carbonyl (C=O) groups is 1. The molecule has 178 valence electrons. The molecule has 0 atom stereocenters. The molecule has 1 N–H and O–H groups in total. The molecule has 9 heteroatoms. The number of benzene rings is 1. The van der Waals surface area contributed by atoms with Gasteiger partial charge in [-0.25, -0.2) is 15.0 Å². The number of carbonyl (C=O) groups excluding carboxylic acids is 1. The third-order valence-electron chi connectivity index (χ3n) is 5.68. The van der Waals surface area contributed by atoms with Crippen molar-refractivity contribution in [3.63, 3.8) is 0 Å². The van der Waals surface area contributed by atoms with Gasteiger partial charge >= 0.3 is 0 Å². The Bertz CT molecular complexity index is 1470. The van der Waals surface area contributed by atoms with Crippen LogP contribution in [-0.4, -0.2) is 37.3 Å². The number of fused-ring (bicyclic) bond motifs is 2. The number of halogens is 1. The summed E-state index contributed by atoms with van der Waals surface area (Å²) >= 11 is 7.49. The SMILES string of the molecule is CCCN(Cc1nc2cc(Cl)ccc2c(=O)[nH]1)C(=O)c1sc2nc(C(C)(C)C)nc(C)c2c1C. The van der Waals surface area contributed by atoms with Gasteiger partial charge in [-0.15, -0.1) is 11.3 Å². The van der Waals surface area contributed by atoms with E-state index in [4.69, 9.17) is 21.6 Å². The molecule has 4 rings (SSSR count). The van der Waals surface area contributed by atoms with Crippen molar-refractivity contribution in [1.29, 1.82) is 0 Å². The second-order valence-electron chi connectivity index (χ2n) is 9.52. The van der Waals surface area contributed by atoms with Gasteiger partial charge in [0.2, 0.25) is 0 Å². The minimum Gasteiger partial charge on any atom is -0.330 e. The molecule has 0 aliphatic heterocycles. The van der Waals surface area contributed by atoms with E-state index in [1.54, 1.807) is 23.1 Å². The molecule has 0 aliphatic carbocycles. The van der Waals surface area contributed by atoms with E-state index < -0.39 is 0 Å². The van der Waals surface area contributed by atoms with Crippen molar-refractivity contribution in [3.05, 3.63) is 61.4 Å². The lowest BCUT2D eigenvalue weighted by atomic mass is 9.95. The number of aryl methyl sites for hydroxylation is 2. The Balaban J connectivity index is 1.74. The lowest BCUT2D eigenvalue weighted by Crippen LogP contribution is -2.32. The summed E-state index contributed by atoms with van der Waals surface area (Å²) in [6, 6.07) is 4.97. The molecule has 7 nitrogen and oxygen atoms in total. The summed E-state index contributed by atoms with van der Waals surface area (Å²) in [5.74, 6) is 1.08. The number of hydrogen-bond acceptors (Lipinski definition) is 6. The van der Waals surface area contributed by atoms with Gasteiger partial charge in [0, 0.05) is 22.4 Å². The van der Waals surface area contributed by atoms with Gasteiger partial charge in [-0.05, 0) is 44.0 Å². The summed E-state index contributed by atoms with van der Waals surface area (Å²) in [7, 11) is 0. The predicted octanol–water partition coefficient (Wildman–Crippen LogP) is 5.55. The van der Waals surface area contributed by atoms with Crippen LogP contribution in [-0.2, 0) is 12.0 Å². The van der Waals surface area contributed by atoms with E-state index in [9.17, 15) is 9.59 Å². The minimum absolute atomic E-state index is 0.104. The van der Waals surface area contributed by atoms with Crippen molar-refractivity contribution in [1.82, 2.24) is 24.8 Å². The normalized spacial score (nSPS) is 12.0. The van der Waals surface area contributed by atoms with Crippen LogP contribution in [0.4, 0.5) is 0 Å². The molecule has 1 aromatic carbocycles. The summed E-state index contributed by atoms with van der Waals surface area (Å²) in [5, 5.41) is 1.90. The van der Waals surface area contributed by atoms with E-state index in [1.807, 2.05) is 20.8 Å². The molecule has 34 heavy (non-hydrogen) atoms. The highest BCUT2D eigenvalue weighted by atomic mass is 35.5. The van der Waals surface area contributed by atoms with Gasteiger partial charge in [0.05, 0.1) is 28.0 Å². The second-order valence-corrected chi connectivity index (χ2v) is 11.0. The van der Waals surface area contributed by atoms with Gasteiger partial charge in [0.15, 0.2) is 0 Å². The lowest BCUT2D eigenvalue weighted by molar-refractivity contribution is 0.0743. The highest BCUT2D eigenvalue weighted by Crippen LogP contribution is 2.34. The number of rotatable bonds is 5. The predicted molar refractivity (Wildman–Crippen MR) is 138 cm³/mol. The number of H-pyrrole nitrogens is 1. The number of aromatic amines is 1. The molecule has 4 aromatic rings. The number of hydrogen-bond donors (Lipinski definition) is 1. The number of thiophene rings is 1. The van der Waals surface area contributed by atoms with Gasteiger partial charge in [-0.3, -0.25) is 9.59 Å². The van der Waals surface area contributed by atoms with E-state index in [0.29, 0.717) is 33.2 Å². The molecule has 0 spiro atoms. The van der Waals surface area contributed by atoms with Crippen LogP contribution in [0.5, 0.6) is 0 Å². The van der Waals surface area contributed by atoms with Crippen LogP contribution in [0.1, 0.15) is 66.7 Å². The van der Waals surface area contributed by atoms with Crippen molar-refractivity contribution in [2.45, 2.75) is 59.9 Å². The largest absolute Gasteiger partial charge is 0.330 e. The van der Waals surface area contributed by atoms with Crippen LogP contribution < -0.4 is 5.56 Å². The van der Waals surface area contributed by atoms with Crippen LogP contribution in [0.2, 0.25) is 5.02 Å². The third kappa shape index (κ3) is 4.57. The van der Waals surface area contributed by atoms with E-state index in [2.05, 4.69) is 30.7 Å². The van der Waals surface area contributed by atoms with Crippen molar-refractivity contribution in [2.75, 3.05) is 6.54 Å². The Morgan fingerprint density at radius 1 is 1.18 bits per heavy atom. The maximum atomic E-state index is 13.7. The zero-order valence-corrected chi connectivity index (χ0v) is 21.8. The molecule has 0 radical (unpaired) electrons. The first kappa shape index (κ1) is 24.3. The molecule has 3 aromatic heterocycles. The summed E-state index contributed by atoms with van der Waals surface area (Å²) in [5.41, 5.74) is 1.83. The minimum atomic E-state index is -0.251. The van der Waals surface area contributed by atoms with Crippen LogP contribution >= 0.6 is 22.9 Å². The molecule has 0 unspecified atom stereocenters. The molecule has 3 heterocycles. The Kier molecular flexibility index (Phi) is 6.48. The first-order chi connectivity index (χ1) is 16.0. The summed E-state index contributed by atoms with van der Waals surface area (Å²) in [6.07, 6.45) is 0.770. The highest BCUT2D eigenvalue weighted by Gasteiger charge is 2.26. The van der Waals surface area contributed by atoms with E-state index in [0.717, 1.165) is 33.7 Å². The molecule has 0 aliphatic rings. The van der Waals surface area contributed by atoms with Crippen molar-refractivity contribution >= 4 is 50.0 Å². The van der Waals surface area contributed by atoms with Crippen LogP contribution in [0, 0.1) is 13.8 Å². The van der Waals surface area contributed by atoms with E-state index >= 15 is 0 Å². The molecular formula is C25H28ClN5O2S. The fourth-order valence-corrected chi connectivity index (χ4v) is 5.33. The molecular weight excluding hydrogens is 470 g/mol. The third-order valence-corrected chi connectivity index (χ3v) is 7.08. The monoisotopic (exact) mass is 497 g/mol. The quantitative estimate of drug-likeness (QED) is 0.390. The molecule has 0 saturated heterocycles. The highest BCUT2D eigenvalue weighted by molar-refractivity contribution is 7.20. The standard InChI is InChI=1S/C25H28ClN5O2S/c1-7-10-31(12-18-28-17-11-15(26)8-9-16(17)21(32)29-18)23(33)20-13(2)19-14(3)27-24(25(4,5)6)30-22(19)34-20/h8-9,11H,7,10,12H2,1-6H3,(H,28,29,32). The van der Waals surface area contributed by atoms with Gasteiger partial charge in [-0.2, -0.15) is 0 Å². The Morgan fingerprint density at radius 3 is 2.59 bits per heavy atom. The maximum Gasteiger partial charge on any atom is 0.264 e. The van der Waals surface area contributed by atoms with Crippen molar-refractivity contribution < 1.29 is 4.79 Å². The Hall–Kier alpha value is -2.84. The fraction of sp³-hybridized carbons (Fsp3) is 0.400. The van der Waals surface area contributed by atoms with Gasteiger partial charge < -0.3 is 9.88 Å². The molecule has 0 bridgehead atoms. The Labute approximate surface area is 207 Å². The van der Waals surface area contributed by atoms with Crippen LogP contribution in [0.15, 0.2) is 23.0 Å². The zero-order chi connectivity index (χ0) is 24.8. The Morgan fingerprint density at radius 2 is 1.91 bits per heavy atom. The average Bonchev–Trinajstić information content (AvgIpc) is 3.09. The van der Waals surface area contributed by atoms with Crippen molar-refractivity contribution in [2.24, 2.45) is 0 Å². The second kappa shape index (κ2) is 9.07. The van der Waals surface area contributed by atoms with Gasteiger partial charge in [0.1, 0.15) is 16.5 Å². The zero-order valence-electron chi connectivity index (χ0n) is 20.2. The van der Waals surface area contributed by atoms with Crippen molar-refractivity contribution in [3.8, 4) is 0 Å². The van der Waals surface area contributed by atoms with Crippen LogP contribution in [0.25, 0.3) is 21.1 Å². The van der Waals surface area contributed by atoms with E-state index in [1.165, 1.54) is 11.3 Å². The first-order valence-corrected chi connectivity index (χ1v) is 12.4. The lowest BCUT2D eigenvalue weighted by Gasteiger charge is -2.21. The summed E-state index contributed by atoms with van der Waals surface area (Å²) < 4.78 is 0. The number of amides is 1. The average molecular weight is 498 g/mol. The van der Waals surface area contributed by atoms with Gasteiger partial charge in [-0.1, -0.05) is 39.3 Å². The number of nitrogens with one attached hydrogen (secondary N) is 1. The van der Waals surface area contributed by atoms with Gasteiger partial charge in [0.25, 0.3) is 11.5 Å². The first-order valence-electron chi connectivity index (χ1n) is 11.3.